The fraction of sp³-hybridized carbons (Fsp3) is 0.613. The Hall–Kier alpha value is -2.56. The molecule has 2 aliphatic rings. The summed E-state index contributed by atoms with van der Waals surface area (Å²) in [5.74, 6) is -0.309. The van der Waals surface area contributed by atoms with Crippen molar-refractivity contribution in [1.29, 1.82) is 0 Å². The lowest BCUT2D eigenvalue weighted by molar-refractivity contribution is -0.0577. The highest BCUT2D eigenvalue weighted by molar-refractivity contribution is 6.84. The van der Waals surface area contributed by atoms with E-state index in [2.05, 4.69) is 80.8 Å². The number of hydrogen-bond donors (Lipinski definition) is 1. The summed E-state index contributed by atoms with van der Waals surface area (Å²) in [7, 11) is -5.82. The third kappa shape index (κ3) is 6.10. The Morgan fingerprint density at radius 2 is 1.70 bits per heavy atom. The van der Waals surface area contributed by atoms with Gasteiger partial charge in [-0.3, -0.25) is 0 Å². The van der Waals surface area contributed by atoms with Crippen molar-refractivity contribution in [3.8, 4) is 0 Å². The number of halogens is 2. The van der Waals surface area contributed by atoms with Crippen LogP contribution in [0, 0.1) is 5.82 Å². The Morgan fingerprint density at radius 3 is 2.30 bits per heavy atom. The smallest absolute Gasteiger partial charge is 0.335 e. The maximum atomic E-state index is 14.6. The van der Waals surface area contributed by atoms with Gasteiger partial charge in [-0.1, -0.05) is 90.3 Å². The zero-order valence-electron chi connectivity index (χ0n) is 27.9. The molecule has 1 N–H and O–H groups in total. The second-order valence-electron chi connectivity index (χ2n) is 13.5. The van der Waals surface area contributed by atoms with Crippen molar-refractivity contribution in [1.82, 2.24) is 14.8 Å². The predicted molar refractivity (Wildman–Crippen MR) is 182 cm³/mol. The molecule has 2 aliphatic heterocycles. The van der Waals surface area contributed by atoms with E-state index in [1.807, 2.05) is 6.92 Å². The SMILES string of the molecule is CC(Nc1cc(Cl)nc2c1cnn2[C@@H]1O[C@@H]2CO[Si](C(C)C)(C(C)C)O[Si](C(C)C)(C(C)C)OC2[C@@H]1N=[N+]=[N-])c1ccccc1F. The van der Waals surface area contributed by atoms with Crippen LogP contribution in [0.25, 0.3) is 21.5 Å². The fourth-order valence-corrected chi connectivity index (χ4v) is 18.4. The van der Waals surface area contributed by atoms with E-state index in [0.29, 0.717) is 22.3 Å². The minimum absolute atomic E-state index is 0.0843. The van der Waals surface area contributed by atoms with Gasteiger partial charge in [-0.2, -0.15) is 5.10 Å². The number of benzene rings is 1. The van der Waals surface area contributed by atoms with Gasteiger partial charge >= 0.3 is 17.1 Å². The Morgan fingerprint density at radius 1 is 1.04 bits per heavy atom. The Kier molecular flexibility index (Phi) is 10.2. The highest BCUT2D eigenvalue weighted by Crippen LogP contribution is 2.49. The first-order chi connectivity index (χ1) is 21.8. The van der Waals surface area contributed by atoms with E-state index >= 15 is 0 Å². The number of ether oxygens (including phenoxy) is 1. The van der Waals surface area contributed by atoms with Gasteiger partial charge in [-0.25, -0.2) is 14.1 Å². The van der Waals surface area contributed by atoms with Crippen molar-refractivity contribution in [3.05, 3.63) is 63.5 Å². The molecule has 46 heavy (non-hydrogen) atoms. The maximum Gasteiger partial charge on any atom is 0.335 e. The van der Waals surface area contributed by atoms with E-state index in [4.69, 9.17) is 29.3 Å². The van der Waals surface area contributed by atoms with Crippen LogP contribution in [-0.2, 0) is 17.7 Å². The number of pyridine rings is 1. The van der Waals surface area contributed by atoms with Crippen molar-refractivity contribution < 1.29 is 22.1 Å². The molecule has 0 saturated carbocycles. The summed E-state index contributed by atoms with van der Waals surface area (Å²) in [6.07, 6.45) is -0.382. The van der Waals surface area contributed by atoms with Crippen LogP contribution in [0.1, 0.15) is 80.1 Å². The molecule has 0 aliphatic carbocycles. The number of nitrogens with one attached hydrogen (secondary N) is 1. The third-order valence-corrected chi connectivity index (χ3v) is 19.8. The molecule has 5 atom stereocenters. The van der Waals surface area contributed by atoms with Crippen molar-refractivity contribution in [3.63, 3.8) is 0 Å². The molecule has 250 valence electrons. The van der Waals surface area contributed by atoms with Gasteiger partial charge in [0.15, 0.2) is 11.9 Å². The minimum Gasteiger partial charge on any atom is -0.414 e. The number of nitrogens with zero attached hydrogens (tertiary/aromatic N) is 6. The van der Waals surface area contributed by atoms with E-state index in [1.165, 1.54) is 6.07 Å². The molecule has 0 spiro atoms. The molecule has 11 nitrogen and oxygen atoms in total. The van der Waals surface area contributed by atoms with E-state index in [0.717, 1.165) is 0 Å². The zero-order chi connectivity index (χ0) is 33.6. The molecule has 3 aromatic rings. The van der Waals surface area contributed by atoms with Crippen molar-refractivity contribution in [2.24, 2.45) is 5.11 Å². The van der Waals surface area contributed by atoms with Crippen molar-refractivity contribution >= 4 is 45.4 Å². The molecule has 0 radical (unpaired) electrons. The van der Waals surface area contributed by atoms with E-state index in [-0.39, 0.29) is 45.8 Å². The van der Waals surface area contributed by atoms with Crippen LogP contribution in [-0.4, -0.2) is 56.7 Å². The van der Waals surface area contributed by atoms with Crippen LogP contribution in [0.4, 0.5) is 10.1 Å². The lowest BCUT2D eigenvalue weighted by Gasteiger charge is -2.51. The summed E-state index contributed by atoms with van der Waals surface area (Å²) in [4.78, 5) is 7.81. The number of fused-ring (bicyclic) bond motifs is 2. The highest BCUT2D eigenvalue weighted by Gasteiger charge is 2.62. The molecule has 2 fully saturated rings. The van der Waals surface area contributed by atoms with Crippen LogP contribution in [0.5, 0.6) is 0 Å². The Balaban J connectivity index is 1.57. The lowest BCUT2D eigenvalue weighted by atomic mass is 10.1. The fourth-order valence-electron chi connectivity index (χ4n) is 6.95. The first kappa shape index (κ1) is 34.8. The summed E-state index contributed by atoms with van der Waals surface area (Å²) in [5.41, 5.74) is 11.8. The summed E-state index contributed by atoms with van der Waals surface area (Å²) < 4.78 is 44.3. The summed E-state index contributed by atoms with van der Waals surface area (Å²) >= 11 is 6.54. The van der Waals surface area contributed by atoms with Gasteiger partial charge in [0.25, 0.3) is 0 Å². The van der Waals surface area contributed by atoms with Crippen LogP contribution in [0.2, 0.25) is 27.3 Å². The number of rotatable bonds is 9. The van der Waals surface area contributed by atoms with Gasteiger partial charge in [0.05, 0.1) is 36.0 Å². The predicted octanol–water partition coefficient (Wildman–Crippen LogP) is 8.93. The second-order valence-corrected chi connectivity index (χ2v) is 22.8. The van der Waals surface area contributed by atoms with Crippen molar-refractivity contribution in [2.45, 2.75) is 115 Å². The monoisotopic (exact) mass is 689 g/mol. The maximum absolute atomic E-state index is 14.6. The quantitative estimate of drug-likeness (QED) is 0.0781. The van der Waals surface area contributed by atoms with Crippen molar-refractivity contribution in [2.75, 3.05) is 11.9 Å². The van der Waals surface area contributed by atoms with Gasteiger partial charge in [-0.05, 0) is 46.8 Å². The molecule has 2 aromatic heterocycles. The summed E-state index contributed by atoms with van der Waals surface area (Å²) in [5, 5.41) is 13.1. The molecule has 0 amide bonds. The standard InChI is InChI=1S/C31H45ClFN7O4Si2/c1-17(2)45(18(3)4)41-16-26-29(43-46(44-45,19(5)6)20(7)8)28(38-39-34)31(42-26)40-30-23(15-35-40)25(14-27(32)37-30)36-21(9)22-12-10-11-13-24(22)33/h10-15,17-21,26,28-29,31H,16H2,1-9H3,(H,36,37)/t21?,26-,28+,29?,31-/m1/s1. The van der Waals surface area contributed by atoms with E-state index < -0.39 is 41.6 Å². The van der Waals surface area contributed by atoms with Crippen LogP contribution >= 0.6 is 11.6 Å². The zero-order valence-corrected chi connectivity index (χ0v) is 30.7. The average molecular weight is 690 g/mol. The number of azide groups is 1. The molecule has 15 heteroatoms. The molecule has 2 saturated heterocycles. The van der Waals surface area contributed by atoms with E-state index in [9.17, 15) is 9.92 Å². The lowest BCUT2D eigenvalue weighted by Crippen LogP contribution is -2.65. The largest absolute Gasteiger partial charge is 0.414 e. The third-order valence-electron chi connectivity index (χ3n) is 9.35. The molecular formula is C31H45ClFN7O4Si2. The summed E-state index contributed by atoms with van der Waals surface area (Å²) in [6, 6.07) is 7.13. The van der Waals surface area contributed by atoms with Crippen LogP contribution in [0.15, 0.2) is 41.6 Å². The first-order valence-corrected chi connectivity index (χ1v) is 20.3. The van der Waals surface area contributed by atoms with Crippen LogP contribution in [0.3, 0.4) is 0 Å². The highest BCUT2D eigenvalue weighted by atomic mass is 35.5. The Bertz CT molecular complexity index is 1590. The van der Waals surface area contributed by atoms with Gasteiger partial charge in [0.2, 0.25) is 0 Å². The van der Waals surface area contributed by atoms with Gasteiger partial charge < -0.3 is 23.0 Å². The Labute approximate surface area is 277 Å². The molecule has 0 bridgehead atoms. The molecule has 4 heterocycles. The molecular weight excluding hydrogens is 645 g/mol. The molecule has 5 rings (SSSR count). The minimum atomic E-state index is -3.01. The van der Waals surface area contributed by atoms with Gasteiger partial charge in [-0.15, -0.1) is 0 Å². The summed E-state index contributed by atoms with van der Waals surface area (Å²) in [6.45, 7) is 19.3. The average Bonchev–Trinajstić information content (AvgIpc) is 3.53. The normalized spacial score (nSPS) is 25.0. The number of anilines is 1. The van der Waals surface area contributed by atoms with E-state index in [1.54, 1.807) is 35.1 Å². The topological polar surface area (TPSA) is 128 Å². The molecule has 1 aromatic carbocycles. The second kappa shape index (κ2) is 13.5. The number of hydrogen-bond acceptors (Lipinski definition) is 8. The first-order valence-electron chi connectivity index (χ1n) is 16.0. The van der Waals surface area contributed by atoms with Gasteiger partial charge in [0, 0.05) is 10.5 Å². The molecule has 2 unspecified atom stereocenters. The van der Waals surface area contributed by atoms with Gasteiger partial charge in [0.1, 0.15) is 23.1 Å². The number of aromatic nitrogens is 3. The van der Waals surface area contributed by atoms with Crippen LogP contribution < -0.4 is 5.32 Å².